The summed E-state index contributed by atoms with van der Waals surface area (Å²) in [6.07, 6.45) is 3.72. The Morgan fingerprint density at radius 1 is 1.00 bits per heavy atom. The van der Waals surface area contributed by atoms with Crippen LogP contribution >= 0.6 is 0 Å². The Labute approximate surface area is 184 Å². The predicted octanol–water partition coefficient (Wildman–Crippen LogP) is 3.49. The first kappa shape index (κ1) is 23.7. The number of methoxy groups -OCH3 is 2. The van der Waals surface area contributed by atoms with Crippen molar-refractivity contribution in [2.75, 3.05) is 27.4 Å². The van der Waals surface area contributed by atoms with E-state index in [9.17, 15) is 9.59 Å². The lowest BCUT2D eigenvalue weighted by molar-refractivity contribution is -0.199. The van der Waals surface area contributed by atoms with Crippen molar-refractivity contribution in [3.05, 3.63) is 35.9 Å². The molecule has 1 aromatic rings. The third-order valence-corrected chi connectivity index (χ3v) is 6.34. The van der Waals surface area contributed by atoms with Crippen molar-refractivity contribution < 1.29 is 33.3 Å². The summed E-state index contributed by atoms with van der Waals surface area (Å²) in [5.41, 5.74) is 1.09. The molecule has 0 bridgehead atoms. The fourth-order valence-electron chi connectivity index (χ4n) is 4.69. The van der Waals surface area contributed by atoms with Gasteiger partial charge in [-0.25, -0.2) is 0 Å². The Kier molecular flexibility index (Phi) is 9.31. The zero-order chi connectivity index (χ0) is 22.1. The Balaban J connectivity index is 1.72. The molecule has 0 spiro atoms. The standard InChI is InChI=1S/C24H34O7/c1-27-22(25)13-18-12-21(31-24-10-6-7-11-30-24)20(19(18)14-23(26)28-2)16-29-15-17-8-4-3-5-9-17/h3-5,8-9,18-21,24H,6-7,10-16H2,1-2H3. The van der Waals surface area contributed by atoms with Crippen LogP contribution in [-0.4, -0.2) is 51.8 Å². The molecule has 1 aliphatic carbocycles. The fraction of sp³-hybridized carbons (Fsp3) is 0.667. The number of esters is 2. The third kappa shape index (κ3) is 7.02. The van der Waals surface area contributed by atoms with E-state index in [2.05, 4.69) is 0 Å². The van der Waals surface area contributed by atoms with Crippen molar-refractivity contribution in [2.45, 2.75) is 57.5 Å². The van der Waals surface area contributed by atoms with Crippen molar-refractivity contribution in [1.82, 2.24) is 0 Å². The average Bonchev–Trinajstić information content (AvgIpc) is 3.10. The molecule has 1 aliphatic heterocycles. The van der Waals surface area contributed by atoms with E-state index in [1.807, 2.05) is 30.3 Å². The highest BCUT2D eigenvalue weighted by atomic mass is 16.7. The first-order chi connectivity index (χ1) is 15.1. The van der Waals surface area contributed by atoms with Crippen molar-refractivity contribution in [3.63, 3.8) is 0 Å². The molecule has 31 heavy (non-hydrogen) atoms. The fourth-order valence-corrected chi connectivity index (χ4v) is 4.69. The number of carbonyl (C=O) groups is 2. The summed E-state index contributed by atoms with van der Waals surface area (Å²) in [5.74, 6) is -0.731. The molecule has 2 fully saturated rings. The number of ether oxygens (including phenoxy) is 5. The minimum atomic E-state index is -0.289. The van der Waals surface area contributed by atoms with Gasteiger partial charge in [-0.05, 0) is 43.1 Å². The Hall–Kier alpha value is -1.96. The van der Waals surface area contributed by atoms with Crippen molar-refractivity contribution in [2.24, 2.45) is 17.8 Å². The molecule has 1 saturated carbocycles. The Morgan fingerprint density at radius 2 is 1.74 bits per heavy atom. The second-order valence-electron chi connectivity index (χ2n) is 8.36. The molecule has 172 valence electrons. The molecule has 0 amide bonds. The van der Waals surface area contributed by atoms with Gasteiger partial charge < -0.3 is 23.7 Å². The number of benzene rings is 1. The van der Waals surface area contributed by atoms with Gasteiger partial charge in [0, 0.05) is 25.4 Å². The minimum Gasteiger partial charge on any atom is -0.469 e. The number of carbonyl (C=O) groups excluding carboxylic acids is 2. The zero-order valence-electron chi connectivity index (χ0n) is 18.5. The molecule has 3 rings (SSSR count). The number of rotatable bonds is 10. The smallest absolute Gasteiger partial charge is 0.305 e. The van der Waals surface area contributed by atoms with E-state index in [1.165, 1.54) is 14.2 Å². The van der Waals surface area contributed by atoms with Crippen LogP contribution in [0.5, 0.6) is 0 Å². The van der Waals surface area contributed by atoms with Gasteiger partial charge in [-0.1, -0.05) is 30.3 Å². The molecule has 2 aliphatic rings. The first-order valence-corrected chi connectivity index (χ1v) is 11.1. The molecule has 0 aromatic heterocycles. The second kappa shape index (κ2) is 12.2. The van der Waals surface area contributed by atoms with Crippen molar-refractivity contribution in [1.29, 1.82) is 0 Å². The van der Waals surface area contributed by atoms with Gasteiger partial charge in [-0.3, -0.25) is 9.59 Å². The summed E-state index contributed by atoms with van der Waals surface area (Å²) in [5, 5.41) is 0. The highest BCUT2D eigenvalue weighted by Gasteiger charge is 2.46. The number of hydrogen-bond donors (Lipinski definition) is 0. The van der Waals surface area contributed by atoms with Crippen LogP contribution in [0.4, 0.5) is 0 Å². The van der Waals surface area contributed by atoms with E-state index in [0.29, 0.717) is 26.2 Å². The van der Waals surface area contributed by atoms with Crippen LogP contribution in [0, 0.1) is 17.8 Å². The van der Waals surface area contributed by atoms with Crippen molar-refractivity contribution >= 4 is 11.9 Å². The van der Waals surface area contributed by atoms with Crippen LogP contribution in [0.2, 0.25) is 0 Å². The molecule has 1 aromatic carbocycles. The lowest BCUT2D eigenvalue weighted by Crippen LogP contribution is -2.34. The third-order valence-electron chi connectivity index (χ3n) is 6.34. The highest BCUT2D eigenvalue weighted by Crippen LogP contribution is 2.44. The SMILES string of the molecule is COC(=O)CC1CC(OC2CCCCO2)C(COCc2ccccc2)C1CC(=O)OC. The summed E-state index contributed by atoms with van der Waals surface area (Å²) >= 11 is 0. The van der Waals surface area contributed by atoms with E-state index >= 15 is 0 Å². The monoisotopic (exact) mass is 434 g/mol. The molecule has 0 N–H and O–H groups in total. The molecule has 5 unspecified atom stereocenters. The van der Waals surface area contributed by atoms with Gasteiger partial charge in [-0.2, -0.15) is 0 Å². The normalized spacial score (nSPS) is 28.3. The molecular weight excluding hydrogens is 400 g/mol. The topological polar surface area (TPSA) is 80.3 Å². The molecular formula is C24H34O7. The lowest BCUT2D eigenvalue weighted by atomic mass is 9.85. The zero-order valence-corrected chi connectivity index (χ0v) is 18.5. The summed E-state index contributed by atoms with van der Waals surface area (Å²) < 4.78 is 28.0. The van der Waals surface area contributed by atoms with E-state index in [0.717, 1.165) is 24.8 Å². The van der Waals surface area contributed by atoms with Gasteiger partial charge in [-0.15, -0.1) is 0 Å². The maximum Gasteiger partial charge on any atom is 0.305 e. The van der Waals surface area contributed by atoms with Gasteiger partial charge in [0.25, 0.3) is 0 Å². The second-order valence-corrected chi connectivity index (χ2v) is 8.36. The number of hydrogen-bond acceptors (Lipinski definition) is 7. The highest BCUT2D eigenvalue weighted by molar-refractivity contribution is 5.71. The average molecular weight is 435 g/mol. The predicted molar refractivity (Wildman–Crippen MR) is 113 cm³/mol. The Bertz CT molecular complexity index is 686. The Morgan fingerprint density at radius 3 is 2.42 bits per heavy atom. The molecule has 7 heteroatoms. The summed E-state index contributed by atoms with van der Waals surface area (Å²) in [6.45, 7) is 1.62. The lowest BCUT2D eigenvalue weighted by Gasteiger charge is -2.30. The first-order valence-electron chi connectivity index (χ1n) is 11.1. The summed E-state index contributed by atoms with van der Waals surface area (Å²) in [4.78, 5) is 24.2. The van der Waals surface area contributed by atoms with Crippen LogP contribution < -0.4 is 0 Å². The van der Waals surface area contributed by atoms with Crippen LogP contribution in [-0.2, 0) is 39.9 Å². The summed E-state index contributed by atoms with van der Waals surface area (Å²) in [6, 6.07) is 9.97. The molecule has 1 heterocycles. The van der Waals surface area contributed by atoms with Gasteiger partial charge in [0.1, 0.15) is 0 Å². The molecule has 1 saturated heterocycles. The van der Waals surface area contributed by atoms with Gasteiger partial charge >= 0.3 is 11.9 Å². The van der Waals surface area contributed by atoms with Crippen LogP contribution in [0.3, 0.4) is 0 Å². The van der Waals surface area contributed by atoms with Gasteiger partial charge in [0.15, 0.2) is 6.29 Å². The van der Waals surface area contributed by atoms with Gasteiger partial charge in [0.05, 0.1) is 33.5 Å². The van der Waals surface area contributed by atoms with Crippen LogP contribution in [0.25, 0.3) is 0 Å². The largest absolute Gasteiger partial charge is 0.469 e. The molecule has 5 atom stereocenters. The summed E-state index contributed by atoms with van der Waals surface area (Å²) in [7, 11) is 2.77. The van der Waals surface area contributed by atoms with E-state index in [-0.39, 0.29) is 54.9 Å². The molecule has 7 nitrogen and oxygen atoms in total. The van der Waals surface area contributed by atoms with E-state index in [4.69, 9.17) is 23.7 Å². The van der Waals surface area contributed by atoms with Crippen molar-refractivity contribution in [3.8, 4) is 0 Å². The maximum atomic E-state index is 12.2. The maximum absolute atomic E-state index is 12.2. The van der Waals surface area contributed by atoms with Gasteiger partial charge in [0.2, 0.25) is 0 Å². The van der Waals surface area contributed by atoms with Crippen LogP contribution in [0.15, 0.2) is 30.3 Å². The van der Waals surface area contributed by atoms with Crippen LogP contribution in [0.1, 0.15) is 44.1 Å². The van der Waals surface area contributed by atoms with E-state index < -0.39 is 0 Å². The minimum absolute atomic E-state index is 0.0366. The molecule has 0 radical (unpaired) electrons. The van der Waals surface area contributed by atoms with E-state index in [1.54, 1.807) is 0 Å². The quantitative estimate of drug-likeness (QED) is 0.522.